The zero-order chi connectivity index (χ0) is 14.5. The first-order chi connectivity index (χ1) is 9.71. The van der Waals surface area contributed by atoms with Gasteiger partial charge >= 0.3 is 0 Å². The molecule has 2 heterocycles. The molecule has 0 aromatic carbocycles. The van der Waals surface area contributed by atoms with Gasteiger partial charge in [-0.05, 0) is 31.0 Å². The van der Waals surface area contributed by atoms with Gasteiger partial charge in [0.1, 0.15) is 0 Å². The number of nitrogens with one attached hydrogen (secondary N) is 1. The average molecular weight is 294 g/mol. The van der Waals surface area contributed by atoms with Crippen LogP contribution < -0.4 is 11.3 Å². The second kappa shape index (κ2) is 6.83. The van der Waals surface area contributed by atoms with Crippen molar-refractivity contribution in [2.75, 3.05) is 0 Å². The third kappa shape index (κ3) is 3.00. The zero-order valence-corrected chi connectivity index (χ0v) is 12.6. The Morgan fingerprint density at radius 1 is 1.35 bits per heavy atom. The highest BCUT2D eigenvalue weighted by Crippen LogP contribution is 2.26. The maximum Gasteiger partial charge on any atom is 0.0850 e. The van der Waals surface area contributed by atoms with E-state index in [0.717, 1.165) is 34.9 Å². The Labute approximate surface area is 124 Å². The van der Waals surface area contributed by atoms with Crippen molar-refractivity contribution in [3.05, 3.63) is 46.5 Å². The summed E-state index contributed by atoms with van der Waals surface area (Å²) in [6.45, 7) is 4.91. The average Bonchev–Trinajstić information content (AvgIpc) is 2.81. The summed E-state index contributed by atoms with van der Waals surface area (Å²) in [6, 6.07) is 3.89. The van der Waals surface area contributed by atoms with Crippen LogP contribution in [0.4, 0.5) is 0 Å². The minimum Gasteiger partial charge on any atom is -0.271 e. The Morgan fingerprint density at radius 3 is 2.60 bits per heavy atom. The van der Waals surface area contributed by atoms with Gasteiger partial charge < -0.3 is 0 Å². The molecule has 20 heavy (non-hydrogen) atoms. The molecule has 0 saturated heterocycles. The first-order valence-electron chi connectivity index (χ1n) is 6.81. The lowest BCUT2D eigenvalue weighted by Gasteiger charge is -2.17. The summed E-state index contributed by atoms with van der Waals surface area (Å²) in [4.78, 5) is 4.03. The SMILES string of the molecule is CCc1nn(CC)c(CC(NN)c2ccncc2)c1Cl. The monoisotopic (exact) mass is 293 g/mol. The van der Waals surface area contributed by atoms with Gasteiger partial charge in [0.05, 0.1) is 22.5 Å². The molecule has 0 spiro atoms. The fraction of sp³-hybridized carbons (Fsp3) is 0.429. The number of hydrazine groups is 1. The molecule has 1 unspecified atom stereocenters. The van der Waals surface area contributed by atoms with Crippen LogP contribution in [0, 0.1) is 0 Å². The number of halogens is 1. The molecule has 0 radical (unpaired) electrons. The van der Waals surface area contributed by atoms with Crippen molar-refractivity contribution in [2.45, 2.75) is 39.3 Å². The summed E-state index contributed by atoms with van der Waals surface area (Å²) in [5.41, 5.74) is 5.89. The molecule has 2 aromatic heterocycles. The summed E-state index contributed by atoms with van der Waals surface area (Å²) >= 11 is 6.43. The van der Waals surface area contributed by atoms with Gasteiger partial charge in [-0.3, -0.25) is 20.9 Å². The molecule has 0 bridgehead atoms. The number of nitrogens with zero attached hydrogens (tertiary/aromatic N) is 3. The van der Waals surface area contributed by atoms with E-state index < -0.39 is 0 Å². The van der Waals surface area contributed by atoms with Crippen molar-refractivity contribution in [3.63, 3.8) is 0 Å². The van der Waals surface area contributed by atoms with E-state index in [9.17, 15) is 0 Å². The second-order valence-corrected chi connectivity index (χ2v) is 4.96. The molecule has 0 saturated carbocycles. The molecule has 0 amide bonds. The maximum atomic E-state index is 6.43. The van der Waals surface area contributed by atoms with Gasteiger partial charge in [0, 0.05) is 25.4 Å². The molecule has 2 aromatic rings. The largest absolute Gasteiger partial charge is 0.271 e. The van der Waals surface area contributed by atoms with E-state index in [2.05, 4.69) is 29.4 Å². The molecule has 0 aliphatic heterocycles. The van der Waals surface area contributed by atoms with Gasteiger partial charge in [-0.1, -0.05) is 18.5 Å². The summed E-state index contributed by atoms with van der Waals surface area (Å²) in [7, 11) is 0. The third-order valence-electron chi connectivity index (χ3n) is 3.40. The van der Waals surface area contributed by atoms with Crippen LogP contribution in [0.1, 0.15) is 36.8 Å². The number of hydrogen-bond acceptors (Lipinski definition) is 4. The van der Waals surface area contributed by atoms with E-state index in [1.807, 2.05) is 16.8 Å². The van der Waals surface area contributed by atoms with E-state index >= 15 is 0 Å². The van der Waals surface area contributed by atoms with Gasteiger partial charge in [0.15, 0.2) is 0 Å². The number of aromatic nitrogens is 3. The van der Waals surface area contributed by atoms with Crippen molar-refractivity contribution >= 4 is 11.6 Å². The summed E-state index contributed by atoms with van der Waals surface area (Å²) in [6.07, 6.45) is 5.04. The van der Waals surface area contributed by atoms with E-state index in [-0.39, 0.29) is 6.04 Å². The maximum absolute atomic E-state index is 6.43. The molecular weight excluding hydrogens is 274 g/mol. The van der Waals surface area contributed by atoms with Gasteiger partial charge in [0.25, 0.3) is 0 Å². The highest BCUT2D eigenvalue weighted by atomic mass is 35.5. The minimum absolute atomic E-state index is 0.0118. The van der Waals surface area contributed by atoms with Crippen LogP contribution in [-0.4, -0.2) is 14.8 Å². The topological polar surface area (TPSA) is 68.8 Å². The Hall–Kier alpha value is -1.43. The van der Waals surface area contributed by atoms with Gasteiger partial charge in [-0.2, -0.15) is 5.10 Å². The van der Waals surface area contributed by atoms with Crippen molar-refractivity contribution in [2.24, 2.45) is 5.84 Å². The van der Waals surface area contributed by atoms with E-state index in [4.69, 9.17) is 17.4 Å². The van der Waals surface area contributed by atoms with Crippen LogP contribution in [0.2, 0.25) is 5.02 Å². The zero-order valence-electron chi connectivity index (χ0n) is 11.8. The molecular formula is C14H20ClN5. The first kappa shape index (κ1) is 15.0. The predicted molar refractivity (Wildman–Crippen MR) is 80.3 cm³/mol. The highest BCUT2D eigenvalue weighted by molar-refractivity contribution is 6.31. The summed E-state index contributed by atoms with van der Waals surface area (Å²) in [5, 5.41) is 5.28. The predicted octanol–water partition coefficient (Wildman–Crippen LogP) is 2.26. The minimum atomic E-state index is -0.0118. The lowest BCUT2D eigenvalue weighted by molar-refractivity contribution is 0.516. The number of rotatable bonds is 6. The Kier molecular flexibility index (Phi) is 5.11. The number of hydrogen-bond donors (Lipinski definition) is 2. The van der Waals surface area contributed by atoms with Gasteiger partial charge in [0.2, 0.25) is 0 Å². The lowest BCUT2D eigenvalue weighted by Crippen LogP contribution is -2.30. The quantitative estimate of drug-likeness (QED) is 0.633. The smallest absolute Gasteiger partial charge is 0.0850 e. The van der Waals surface area contributed by atoms with Gasteiger partial charge in [-0.25, -0.2) is 0 Å². The molecule has 0 aliphatic rings. The second-order valence-electron chi connectivity index (χ2n) is 4.58. The first-order valence-corrected chi connectivity index (χ1v) is 7.19. The van der Waals surface area contributed by atoms with Crippen molar-refractivity contribution in [3.8, 4) is 0 Å². The number of pyridine rings is 1. The Bertz CT molecular complexity index is 552. The van der Waals surface area contributed by atoms with Crippen LogP contribution in [0.15, 0.2) is 24.5 Å². The Morgan fingerprint density at radius 2 is 2.05 bits per heavy atom. The van der Waals surface area contributed by atoms with Crippen LogP contribution in [-0.2, 0) is 19.4 Å². The van der Waals surface area contributed by atoms with E-state index in [1.165, 1.54) is 0 Å². The van der Waals surface area contributed by atoms with Crippen LogP contribution >= 0.6 is 11.6 Å². The van der Waals surface area contributed by atoms with Crippen molar-refractivity contribution < 1.29 is 0 Å². The fourth-order valence-corrected chi connectivity index (χ4v) is 2.62. The molecule has 5 nitrogen and oxygen atoms in total. The van der Waals surface area contributed by atoms with Gasteiger partial charge in [-0.15, -0.1) is 0 Å². The van der Waals surface area contributed by atoms with E-state index in [1.54, 1.807) is 12.4 Å². The standard InChI is InChI=1S/C14H20ClN5/c1-3-11-14(15)13(20(4-2)19-11)9-12(18-16)10-5-7-17-8-6-10/h5-8,12,18H,3-4,9,16H2,1-2H3. The normalized spacial score (nSPS) is 12.6. The molecule has 2 rings (SSSR count). The highest BCUT2D eigenvalue weighted by Gasteiger charge is 2.19. The molecule has 6 heteroatoms. The molecule has 3 N–H and O–H groups in total. The summed E-state index contributed by atoms with van der Waals surface area (Å²) in [5.74, 6) is 5.69. The number of nitrogens with two attached hydrogens (primary N) is 1. The summed E-state index contributed by atoms with van der Waals surface area (Å²) < 4.78 is 1.95. The van der Waals surface area contributed by atoms with Crippen LogP contribution in [0.5, 0.6) is 0 Å². The molecule has 0 fully saturated rings. The lowest BCUT2D eigenvalue weighted by atomic mass is 10.0. The molecule has 0 aliphatic carbocycles. The fourth-order valence-electron chi connectivity index (χ4n) is 2.27. The third-order valence-corrected chi connectivity index (χ3v) is 3.84. The van der Waals surface area contributed by atoms with Crippen molar-refractivity contribution in [1.82, 2.24) is 20.2 Å². The molecule has 108 valence electrons. The van der Waals surface area contributed by atoms with Crippen LogP contribution in [0.3, 0.4) is 0 Å². The Balaban J connectivity index is 2.30. The van der Waals surface area contributed by atoms with Crippen LogP contribution in [0.25, 0.3) is 0 Å². The van der Waals surface area contributed by atoms with E-state index in [0.29, 0.717) is 6.42 Å². The molecule has 1 atom stereocenters. The number of aryl methyl sites for hydroxylation is 2. The van der Waals surface area contributed by atoms with Crippen molar-refractivity contribution in [1.29, 1.82) is 0 Å².